The molecular weight excluding hydrogens is 264 g/mol. The Hall–Kier alpha value is -1.71. The molecule has 114 valence electrons. The first-order chi connectivity index (χ1) is 10.1. The number of carboxylic acid groups (broad SMARTS) is 1. The van der Waals surface area contributed by atoms with Gasteiger partial charge in [-0.1, -0.05) is 6.92 Å². The lowest BCUT2D eigenvalue weighted by Gasteiger charge is -2.34. The summed E-state index contributed by atoms with van der Waals surface area (Å²) in [6.07, 6.45) is 4.79. The molecule has 1 aromatic rings. The zero-order valence-electron chi connectivity index (χ0n) is 12.7. The third kappa shape index (κ3) is 2.99. The molecule has 2 aliphatic rings. The van der Waals surface area contributed by atoms with Gasteiger partial charge in [0, 0.05) is 31.9 Å². The smallest absolute Gasteiger partial charge is 0.337 e. The molecule has 0 aliphatic carbocycles. The molecule has 2 heterocycles. The van der Waals surface area contributed by atoms with E-state index in [0.29, 0.717) is 11.5 Å². The number of hydrogen-bond donors (Lipinski definition) is 1. The zero-order valence-corrected chi connectivity index (χ0v) is 12.7. The maximum atomic E-state index is 11.7. The van der Waals surface area contributed by atoms with Crippen molar-refractivity contribution in [1.29, 1.82) is 0 Å². The molecule has 2 fully saturated rings. The first-order valence-corrected chi connectivity index (χ1v) is 8.02. The molecule has 0 spiro atoms. The molecule has 1 aromatic carbocycles. The van der Waals surface area contributed by atoms with Crippen molar-refractivity contribution in [2.75, 3.05) is 36.0 Å². The van der Waals surface area contributed by atoms with E-state index in [0.717, 1.165) is 44.0 Å². The van der Waals surface area contributed by atoms with E-state index < -0.39 is 5.97 Å². The average Bonchev–Trinajstić information content (AvgIpc) is 3.01. The number of aromatic carboxylic acids is 1. The van der Waals surface area contributed by atoms with Crippen LogP contribution in [-0.4, -0.2) is 37.3 Å². The number of anilines is 2. The Morgan fingerprint density at radius 1 is 1.14 bits per heavy atom. The van der Waals surface area contributed by atoms with Crippen molar-refractivity contribution in [3.05, 3.63) is 23.8 Å². The lowest BCUT2D eigenvalue weighted by Crippen LogP contribution is -2.35. The van der Waals surface area contributed by atoms with Gasteiger partial charge in [-0.2, -0.15) is 0 Å². The third-order valence-electron chi connectivity index (χ3n) is 4.68. The van der Waals surface area contributed by atoms with Crippen molar-refractivity contribution in [2.24, 2.45) is 5.92 Å². The van der Waals surface area contributed by atoms with Crippen LogP contribution in [0.25, 0.3) is 0 Å². The Morgan fingerprint density at radius 2 is 1.86 bits per heavy atom. The summed E-state index contributed by atoms with van der Waals surface area (Å²) in [5.74, 6) is -0.178. The van der Waals surface area contributed by atoms with E-state index in [1.165, 1.54) is 19.3 Å². The van der Waals surface area contributed by atoms with Crippen molar-refractivity contribution in [3.63, 3.8) is 0 Å². The van der Waals surface area contributed by atoms with Crippen LogP contribution in [-0.2, 0) is 0 Å². The summed E-state index contributed by atoms with van der Waals surface area (Å²) in [6.45, 7) is 6.25. The number of hydrogen-bond acceptors (Lipinski definition) is 3. The van der Waals surface area contributed by atoms with Crippen molar-refractivity contribution in [2.45, 2.75) is 32.6 Å². The monoisotopic (exact) mass is 288 g/mol. The minimum absolute atomic E-state index is 0.452. The molecule has 2 saturated heterocycles. The molecule has 2 aliphatic heterocycles. The second kappa shape index (κ2) is 5.96. The van der Waals surface area contributed by atoms with Crippen molar-refractivity contribution in [1.82, 2.24) is 0 Å². The molecule has 0 amide bonds. The van der Waals surface area contributed by atoms with E-state index in [2.05, 4.69) is 22.8 Å². The highest BCUT2D eigenvalue weighted by Gasteiger charge is 2.23. The van der Waals surface area contributed by atoms with E-state index in [1.54, 1.807) is 0 Å². The Kier molecular flexibility index (Phi) is 4.04. The molecule has 0 saturated carbocycles. The fraction of sp³-hybridized carbons (Fsp3) is 0.588. The topological polar surface area (TPSA) is 43.8 Å². The predicted molar refractivity (Wildman–Crippen MR) is 85.5 cm³/mol. The normalized spacial score (nSPS) is 22.6. The van der Waals surface area contributed by atoms with Gasteiger partial charge in [0.05, 0.1) is 11.3 Å². The summed E-state index contributed by atoms with van der Waals surface area (Å²) in [4.78, 5) is 16.2. The summed E-state index contributed by atoms with van der Waals surface area (Å²) in [6, 6.07) is 5.96. The van der Waals surface area contributed by atoms with Gasteiger partial charge in [0.1, 0.15) is 0 Å². The molecule has 4 nitrogen and oxygen atoms in total. The summed E-state index contributed by atoms with van der Waals surface area (Å²) < 4.78 is 0. The third-order valence-corrected chi connectivity index (χ3v) is 4.68. The fourth-order valence-corrected chi connectivity index (χ4v) is 3.55. The molecule has 0 aromatic heterocycles. The van der Waals surface area contributed by atoms with Crippen molar-refractivity contribution in [3.8, 4) is 0 Å². The Morgan fingerprint density at radius 3 is 2.52 bits per heavy atom. The van der Waals surface area contributed by atoms with Crippen LogP contribution in [0.2, 0.25) is 0 Å². The molecular formula is C17H24N2O2. The quantitative estimate of drug-likeness (QED) is 0.927. The maximum absolute atomic E-state index is 11.7. The predicted octanol–water partition coefficient (Wildman–Crippen LogP) is 3.22. The van der Waals surface area contributed by atoms with Gasteiger partial charge < -0.3 is 14.9 Å². The van der Waals surface area contributed by atoms with Gasteiger partial charge in [-0.05, 0) is 49.8 Å². The second-order valence-electron chi connectivity index (χ2n) is 6.39. The maximum Gasteiger partial charge on any atom is 0.337 e. The summed E-state index contributed by atoms with van der Waals surface area (Å²) in [5, 5.41) is 9.58. The highest BCUT2D eigenvalue weighted by atomic mass is 16.4. The van der Waals surface area contributed by atoms with Crippen LogP contribution in [0.5, 0.6) is 0 Å². The van der Waals surface area contributed by atoms with Gasteiger partial charge in [-0.15, -0.1) is 0 Å². The van der Waals surface area contributed by atoms with Gasteiger partial charge in [-0.3, -0.25) is 0 Å². The van der Waals surface area contributed by atoms with Gasteiger partial charge in [0.2, 0.25) is 0 Å². The van der Waals surface area contributed by atoms with E-state index in [1.807, 2.05) is 12.1 Å². The van der Waals surface area contributed by atoms with Crippen molar-refractivity contribution >= 4 is 17.3 Å². The SMILES string of the molecule is CC1CCCN(c2ccc(N3CCCC3)cc2C(=O)O)C1. The molecule has 1 N–H and O–H groups in total. The molecule has 1 unspecified atom stereocenters. The van der Waals surface area contributed by atoms with Gasteiger partial charge in [0.15, 0.2) is 0 Å². The summed E-state index contributed by atoms with van der Waals surface area (Å²) in [5.41, 5.74) is 2.39. The largest absolute Gasteiger partial charge is 0.478 e. The van der Waals surface area contributed by atoms with Crippen LogP contribution < -0.4 is 9.80 Å². The van der Waals surface area contributed by atoms with Gasteiger partial charge >= 0.3 is 5.97 Å². The lowest BCUT2D eigenvalue weighted by molar-refractivity contribution is 0.0697. The first kappa shape index (κ1) is 14.2. The van der Waals surface area contributed by atoms with E-state index in [9.17, 15) is 9.90 Å². The Bertz CT molecular complexity index is 524. The van der Waals surface area contributed by atoms with Crippen molar-refractivity contribution < 1.29 is 9.90 Å². The van der Waals surface area contributed by atoms with Crippen LogP contribution in [0, 0.1) is 5.92 Å². The van der Waals surface area contributed by atoms with E-state index >= 15 is 0 Å². The Balaban J connectivity index is 1.90. The van der Waals surface area contributed by atoms with E-state index in [4.69, 9.17) is 0 Å². The van der Waals surface area contributed by atoms with Gasteiger partial charge in [-0.25, -0.2) is 4.79 Å². The van der Waals surface area contributed by atoms with Gasteiger partial charge in [0.25, 0.3) is 0 Å². The van der Waals surface area contributed by atoms with Crippen LogP contribution in [0.4, 0.5) is 11.4 Å². The number of carbonyl (C=O) groups is 1. The average molecular weight is 288 g/mol. The zero-order chi connectivity index (χ0) is 14.8. The van der Waals surface area contributed by atoms with E-state index in [-0.39, 0.29) is 0 Å². The molecule has 21 heavy (non-hydrogen) atoms. The van der Waals surface area contributed by atoms with Crippen LogP contribution in [0.1, 0.15) is 43.0 Å². The standard InChI is InChI=1S/C17H24N2O2/c1-13-5-4-10-19(12-13)16-7-6-14(11-15(16)17(20)21)18-8-2-3-9-18/h6-7,11,13H,2-5,8-10,12H2,1H3,(H,20,21). The Labute approximate surface area is 126 Å². The van der Waals surface area contributed by atoms with Crippen LogP contribution in [0.3, 0.4) is 0 Å². The summed E-state index contributed by atoms with van der Waals surface area (Å²) in [7, 11) is 0. The van der Waals surface area contributed by atoms with Crippen LogP contribution in [0.15, 0.2) is 18.2 Å². The number of rotatable bonds is 3. The molecule has 1 atom stereocenters. The highest BCUT2D eigenvalue weighted by molar-refractivity contribution is 5.96. The number of benzene rings is 1. The fourth-order valence-electron chi connectivity index (χ4n) is 3.55. The number of piperidine rings is 1. The number of nitrogens with zero attached hydrogens (tertiary/aromatic N) is 2. The molecule has 0 bridgehead atoms. The number of carboxylic acids is 1. The minimum atomic E-state index is -0.815. The summed E-state index contributed by atoms with van der Waals surface area (Å²) >= 11 is 0. The lowest BCUT2D eigenvalue weighted by atomic mass is 9.98. The second-order valence-corrected chi connectivity index (χ2v) is 6.39. The molecule has 0 radical (unpaired) electrons. The first-order valence-electron chi connectivity index (χ1n) is 8.02. The minimum Gasteiger partial charge on any atom is -0.478 e. The van der Waals surface area contributed by atoms with Crippen LogP contribution >= 0.6 is 0 Å². The molecule has 4 heteroatoms. The highest BCUT2D eigenvalue weighted by Crippen LogP contribution is 2.31. The molecule has 3 rings (SSSR count).